The molecular formula is C20H20N4O3S. The number of piperidine rings is 1. The van der Waals surface area contributed by atoms with Crippen LogP contribution in [0.1, 0.15) is 35.0 Å². The Morgan fingerprint density at radius 1 is 1.21 bits per heavy atom. The van der Waals surface area contributed by atoms with Gasteiger partial charge in [-0.15, -0.1) is 10.2 Å². The van der Waals surface area contributed by atoms with E-state index >= 15 is 0 Å². The molecule has 0 aliphatic carbocycles. The normalized spacial score (nSPS) is 16.7. The summed E-state index contributed by atoms with van der Waals surface area (Å²) in [7, 11) is 0. The van der Waals surface area contributed by atoms with E-state index < -0.39 is 0 Å². The predicted octanol–water partition coefficient (Wildman–Crippen LogP) is 2.93. The van der Waals surface area contributed by atoms with Crippen molar-refractivity contribution in [2.24, 2.45) is 0 Å². The van der Waals surface area contributed by atoms with Crippen molar-refractivity contribution >= 4 is 23.2 Å². The highest BCUT2D eigenvalue weighted by Gasteiger charge is 2.28. The summed E-state index contributed by atoms with van der Waals surface area (Å²) in [5, 5.41) is 14.9. The van der Waals surface area contributed by atoms with Crippen molar-refractivity contribution in [1.82, 2.24) is 20.4 Å². The van der Waals surface area contributed by atoms with Gasteiger partial charge in [0.1, 0.15) is 0 Å². The van der Waals surface area contributed by atoms with Gasteiger partial charge in [0.25, 0.3) is 5.91 Å². The topological polar surface area (TPSA) is 88.3 Å². The van der Waals surface area contributed by atoms with Crippen LogP contribution in [-0.2, 0) is 4.79 Å². The SMILES string of the molecule is O=C(NCC(=O)N1CCCC(c2nnc(-c3ccsc3)o2)C1)c1ccccc1. The Balaban J connectivity index is 1.34. The molecular weight excluding hydrogens is 376 g/mol. The van der Waals surface area contributed by atoms with Gasteiger partial charge in [-0.2, -0.15) is 11.3 Å². The minimum atomic E-state index is -0.250. The van der Waals surface area contributed by atoms with Gasteiger partial charge in [-0.25, -0.2) is 0 Å². The molecule has 4 rings (SSSR count). The van der Waals surface area contributed by atoms with Gasteiger partial charge in [-0.05, 0) is 36.4 Å². The lowest BCUT2D eigenvalue weighted by Gasteiger charge is -2.31. The molecule has 0 radical (unpaired) electrons. The third-order valence-corrected chi connectivity index (χ3v) is 5.45. The number of aromatic nitrogens is 2. The Bertz CT molecular complexity index is 940. The third-order valence-electron chi connectivity index (χ3n) is 4.77. The summed E-state index contributed by atoms with van der Waals surface area (Å²) in [6.45, 7) is 1.16. The molecule has 1 fully saturated rings. The second kappa shape index (κ2) is 8.35. The average Bonchev–Trinajstić information content (AvgIpc) is 3.44. The molecule has 1 aliphatic rings. The number of carbonyl (C=O) groups excluding carboxylic acids is 2. The van der Waals surface area contributed by atoms with E-state index in [2.05, 4.69) is 15.5 Å². The fourth-order valence-electron chi connectivity index (χ4n) is 3.27. The molecule has 1 aliphatic heterocycles. The van der Waals surface area contributed by atoms with Crippen LogP contribution >= 0.6 is 11.3 Å². The quantitative estimate of drug-likeness (QED) is 0.716. The Kier molecular flexibility index (Phi) is 5.48. The van der Waals surface area contributed by atoms with E-state index in [0.29, 0.717) is 30.4 Å². The van der Waals surface area contributed by atoms with E-state index in [1.165, 1.54) is 0 Å². The van der Waals surface area contributed by atoms with Crippen LogP contribution in [0.5, 0.6) is 0 Å². The van der Waals surface area contributed by atoms with Crippen molar-refractivity contribution in [2.45, 2.75) is 18.8 Å². The number of carbonyl (C=O) groups is 2. The first-order chi connectivity index (χ1) is 13.7. The van der Waals surface area contributed by atoms with Crippen molar-refractivity contribution in [3.05, 3.63) is 58.6 Å². The summed E-state index contributed by atoms with van der Waals surface area (Å²) < 4.78 is 5.83. The molecule has 1 atom stereocenters. The number of nitrogens with zero attached hydrogens (tertiary/aromatic N) is 3. The van der Waals surface area contributed by atoms with Gasteiger partial charge in [-0.3, -0.25) is 9.59 Å². The first kappa shape index (κ1) is 18.4. The first-order valence-corrected chi connectivity index (χ1v) is 10.1. The molecule has 1 N–H and O–H groups in total. The zero-order chi connectivity index (χ0) is 19.3. The molecule has 0 bridgehead atoms. The van der Waals surface area contributed by atoms with Crippen LogP contribution in [0.25, 0.3) is 11.5 Å². The van der Waals surface area contributed by atoms with Gasteiger partial charge >= 0.3 is 0 Å². The maximum atomic E-state index is 12.5. The van der Waals surface area contributed by atoms with E-state index in [0.717, 1.165) is 18.4 Å². The lowest BCUT2D eigenvalue weighted by molar-refractivity contribution is -0.131. The van der Waals surface area contributed by atoms with Crippen molar-refractivity contribution in [3.8, 4) is 11.5 Å². The average molecular weight is 396 g/mol. The molecule has 144 valence electrons. The molecule has 7 nitrogen and oxygen atoms in total. The van der Waals surface area contributed by atoms with Gasteiger partial charge in [0.05, 0.1) is 12.5 Å². The third kappa shape index (κ3) is 4.12. The molecule has 0 saturated carbocycles. The molecule has 1 unspecified atom stereocenters. The van der Waals surface area contributed by atoms with Crippen molar-refractivity contribution in [2.75, 3.05) is 19.6 Å². The van der Waals surface area contributed by atoms with Gasteiger partial charge in [-0.1, -0.05) is 18.2 Å². The molecule has 1 aromatic carbocycles. The molecule has 0 spiro atoms. The first-order valence-electron chi connectivity index (χ1n) is 9.17. The largest absolute Gasteiger partial charge is 0.420 e. The molecule has 2 aromatic heterocycles. The molecule has 3 heterocycles. The van der Waals surface area contributed by atoms with Crippen LogP contribution in [0, 0.1) is 0 Å². The van der Waals surface area contributed by atoms with Crippen LogP contribution in [-0.4, -0.2) is 46.5 Å². The van der Waals surface area contributed by atoms with Crippen LogP contribution in [0.2, 0.25) is 0 Å². The standard InChI is InChI=1S/C20H20N4O3S/c25-17(11-21-18(26)14-5-2-1-3-6-14)24-9-4-7-15(12-24)19-22-23-20(27-19)16-8-10-28-13-16/h1-3,5-6,8,10,13,15H,4,7,9,11-12H2,(H,21,26). The molecule has 28 heavy (non-hydrogen) atoms. The van der Waals surface area contributed by atoms with Gasteiger partial charge in [0.15, 0.2) is 0 Å². The van der Waals surface area contributed by atoms with Crippen LogP contribution in [0.15, 0.2) is 51.6 Å². The van der Waals surface area contributed by atoms with Crippen LogP contribution in [0.3, 0.4) is 0 Å². The van der Waals surface area contributed by atoms with Crippen LogP contribution in [0.4, 0.5) is 0 Å². The smallest absolute Gasteiger partial charge is 0.251 e. The van der Waals surface area contributed by atoms with Crippen molar-refractivity contribution in [1.29, 1.82) is 0 Å². The zero-order valence-electron chi connectivity index (χ0n) is 15.2. The number of benzene rings is 1. The second-order valence-corrected chi connectivity index (χ2v) is 7.47. The van der Waals surface area contributed by atoms with Crippen molar-refractivity contribution in [3.63, 3.8) is 0 Å². The summed E-state index contributed by atoms with van der Waals surface area (Å²) in [6, 6.07) is 10.8. The van der Waals surface area contributed by atoms with E-state index in [4.69, 9.17) is 4.42 Å². The van der Waals surface area contributed by atoms with E-state index in [1.807, 2.05) is 22.9 Å². The Hall–Kier alpha value is -3.00. The Morgan fingerprint density at radius 3 is 2.86 bits per heavy atom. The Labute approximate surface area is 166 Å². The van der Waals surface area contributed by atoms with Gasteiger partial charge in [0, 0.05) is 29.6 Å². The van der Waals surface area contributed by atoms with Crippen molar-refractivity contribution < 1.29 is 14.0 Å². The van der Waals surface area contributed by atoms with Gasteiger partial charge in [0.2, 0.25) is 17.7 Å². The highest BCUT2D eigenvalue weighted by Crippen LogP contribution is 2.29. The number of rotatable bonds is 5. The number of hydrogen-bond donors (Lipinski definition) is 1. The number of nitrogens with one attached hydrogen (secondary N) is 1. The lowest BCUT2D eigenvalue weighted by atomic mass is 9.98. The monoisotopic (exact) mass is 396 g/mol. The summed E-state index contributed by atoms with van der Waals surface area (Å²) >= 11 is 1.57. The summed E-state index contributed by atoms with van der Waals surface area (Å²) in [5.41, 5.74) is 1.45. The summed E-state index contributed by atoms with van der Waals surface area (Å²) in [5.74, 6) is 0.732. The maximum Gasteiger partial charge on any atom is 0.251 e. The highest BCUT2D eigenvalue weighted by atomic mass is 32.1. The molecule has 1 saturated heterocycles. The van der Waals surface area contributed by atoms with E-state index in [9.17, 15) is 9.59 Å². The fourth-order valence-corrected chi connectivity index (χ4v) is 3.90. The van der Waals surface area contributed by atoms with Crippen LogP contribution < -0.4 is 5.32 Å². The van der Waals surface area contributed by atoms with Gasteiger partial charge < -0.3 is 14.6 Å². The maximum absolute atomic E-state index is 12.5. The lowest BCUT2D eigenvalue weighted by Crippen LogP contribution is -2.44. The minimum absolute atomic E-state index is 0.0161. The van der Waals surface area contributed by atoms with E-state index in [1.54, 1.807) is 40.5 Å². The minimum Gasteiger partial charge on any atom is -0.420 e. The second-order valence-electron chi connectivity index (χ2n) is 6.69. The highest BCUT2D eigenvalue weighted by molar-refractivity contribution is 7.08. The predicted molar refractivity (Wildman–Crippen MR) is 105 cm³/mol. The molecule has 2 amide bonds. The Morgan fingerprint density at radius 2 is 2.07 bits per heavy atom. The zero-order valence-corrected chi connectivity index (χ0v) is 16.0. The molecule has 8 heteroatoms. The molecule has 3 aromatic rings. The number of thiophene rings is 1. The van der Waals surface area contributed by atoms with E-state index in [-0.39, 0.29) is 24.3 Å². The number of likely N-dealkylation sites (tertiary alicyclic amines) is 1. The fraction of sp³-hybridized carbons (Fsp3) is 0.300. The summed E-state index contributed by atoms with van der Waals surface area (Å²) in [6.07, 6.45) is 1.75. The number of amides is 2. The summed E-state index contributed by atoms with van der Waals surface area (Å²) in [4.78, 5) is 26.4. The number of hydrogen-bond acceptors (Lipinski definition) is 6.